The molecule has 0 aromatic rings. The predicted octanol–water partition coefficient (Wildman–Crippen LogP) is 1.06. The molecule has 0 spiro atoms. The molecule has 1 rings (SSSR count). The van der Waals surface area contributed by atoms with Crippen molar-refractivity contribution >= 4 is 43.4 Å². The van der Waals surface area contributed by atoms with Crippen molar-refractivity contribution in [1.82, 2.24) is 0 Å². The third kappa shape index (κ3) is 1.24. The molecule has 0 bridgehead atoms. The Kier molecular flexibility index (Phi) is 2.06. The molecule has 0 N–H and O–H groups in total. The van der Waals surface area contributed by atoms with Gasteiger partial charge in [0.1, 0.15) is 0 Å². The molecule has 0 aliphatic heterocycles. The van der Waals surface area contributed by atoms with Crippen LogP contribution < -0.4 is 0 Å². The molecule has 2 nitrogen and oxygen atoms in total. The molecule has 0 radical (unpaired) electrons. The molecular formula is C5H4Br2O2. The maximum absolute atomic E-state index is 10.7. The zero-order valence-electron chi connectivity index (χ0n) is 4.43. The number of hydrogen-bond donors (Lipinski definition) is 0. The zero-order chi connectivity index (χ0) is 7.02. The van der Waals surface area contributed by atoms with Crippen molar-refractivity contribution < 1.29 is 9.59 Å². The fraction of sp³-hybridized carbons (Fsp3) is 0.600. The summed E-state index contributed by atoms with van der Waals surface area (Å²) in [7, 11) is 0. The summed E-state index contributed by atoms with van der Waals surface area (Å²) in [5, 5.41) is 0. The Hall–Kier alpha value is 0.300. The lowest BCUT2D eigenvalue weighted by molar-refractivity contribution is -0.121. The van der Waals surface area contributed by atoms with Crippen molar-refractivity contribution in [3.8, 4) is 0 Å². The average molecular weight is 256 g/mol. The second-order valence-electron chi connectivity index (χ2n) is 1.91. The van der Waals surface area contributed by atoms with Gasteiger partial charge in [0.2, 0.25) is 0 Å². The van der Waals surface area contributed by atoms with Crippen LogP contribution in [-0.4, -0.2) is 21.2 Å². The van der Waals surface area contributed by atoms with Gasteiger partial charge in [0, 0.05) is 0 Å². The quantitative estimate of drug-likeness (QED) is 0.479. The van der Waals surface area contributed by atoms with Gasteiger partial charge in [0.15, 0.2) is 11.6 Å². The van der Waals surface area contributed by atoms with Crippen LogP contribution >= 0.6 is 31.9 Å². The van der Waals surface area contributed by atoms with Gasteiger partial charge in [-0.15, -0.1) is 0 Å². The van der Waals surface area contributed by atoms with E-state index in [9.17, 15) is 9.59 Å². The van der Waals surface area contributed by atoms with Crippen LogP contribution in [-0.2, 0) is 9.59 Å². The second kappa shape index (κ2) is 2.50. The van der Waals surface area contributed by atoms with E-state index >= 15 is 0 Å². The zero-order valence-corrected chi connectivity index (χ0v) is 7.61. The number of carbonyl (C=O) groups is 2. The summed E-state index contributed by atoms with van der Waals surface area (Å²) >= 11 is 6.18. The van der Waals surface area contributed by atoms with E-state index in [1.165, 1.54) is 0 Å². The first-order valence-corrected chi connectivity index (χ1v) is 4.29. The number of alkyl halides is 2. The lowest BCUT2D eigenvalue weighted by Gasteiger charge is -1.98. The number of halogens is 2. The number of rotatable bonds is 0. The highest BCUT2D eigenvalue weighted by atomic mass is 79.9. The molecule has 50 valence electrons. The average Bonchev–Trinajstić information content (AvgIpc) is 1.98. The van der Waals surface area contributed by atoms with Crippen molar-refractivity contribution in [1.29, 1.82) is 0 Å². The van der Waals surface area contributed by atoms with Gasteiger partial charge in [0.05, 0.1) is 16.1 Å². The van der Waals surface area contributed by atoms with E-state index < -0.39 is 0 Å². The molecule has 0 aromatic carbocycles. The van der Waals surface area contributed by atoms with E-state index in [2.05, 4.69) is 31.9 Å². The van der Waals surface area contributed by atoms with E-state index in [1.807, 2.05) is 0 Å². The van der Waals surface area contributed by atoms with Gasteiger partial charge in [-0.2, -0.15) is 0 Å². The van der Waals surface area contributed by atoms with Crippen molar-refractivity contribution in [3.05, 3.63) is 0 Å². The molecule has 0 aromatic heterocycles. The molecule has 9 heavy (non-hydrogen) atoms. The van der Waals surface area contributed by atoms with Gasteiger partial charge in [-0.25, -0.2) is 0 Å². The molecule has 1 aliphatic carbocycles. The highest BCUT2D eigenvalue weighted by Crippen LogP contribution is 2.25. The van der Waals surface area contributed by atoms with Crippen LogP contribution in [0.3, 0.4) is 0 Å². The second-order valence-corrected chi connectivity index (χ2v) is 3.89. The van der Waals surface area contributed by atoms with Crippen LogP contribution in [0.4, 0.5) is 0 Å². The molecule has 2 atom stereocenters. The Morgan fingerprint density at radius 3 is 1.56 bits per heavy atom. The normalized spacial score (nSPS) is 35.8. The Labute approximate surface area is 69.3 Å². The van der Waals surface area contributed by atoms with Gasteiger partial charge in [-0.05, 0) is 0 Å². The first kappa shape index (κ1) is 7.41. The van der Waals surface area contributed by atoms with E-state index in [0.717, 1.165) is 0 Å². The summed E-state index contributed by atoms with van der Waals surface area (Å²) < 4.78 is 0. The van der Waals surface area contributed by atoms with Crippen molar-refractivity contribution in [2.24, 2.45) is 0 Å². The monoisotopic (exact) mass is 254 g/mol. The molecule has 1 aliphatic rings. The van der Waals surface area contributed by atoms with Gasteiger partial charge >= 0.3 is 0 Å². The standard InChI is InChI=1S/C5H4Br2O2/c6-4-2(8)1-3(9)5(4)7/h4-5H,1H2. The van der Waals surface area contributed by atoms with E-state index in [-0.39, 0.29) is 27.6 Å². The number of carbonyl (C=O) groups excluding carboxylic acids is 2. The smallest absolute Gasteiger partial charge is 0.155 e. The molecule has 4 heteroatoms. The Morgan fingerprint density at radius 2 is 1.44 bits per heavy atom. The van der Waals surface area contributed by atoms with Crippen LogP contribution in [0.5, 0.6) is 0 Å². The molecule has 2 unspecified atom stereocenters. The summed E-state index contributed by atoms with van der Waals surface area (Å²) in [6.07, 6.45) is 0.0752. The summed E-state index contributed by atoms with van der Waals surface area (Å²) in [5.41, 5.74) is 0. The largest absolute Gasteiger partial charge is 0.298 e. The van der Waals surface area contributed by atoms with Crippen LogP contribution in [0, 0.1) is 0 Å². The topological polar surface area (TPSA) is 34.1 Å². The van der Waals surface area contributed by atoms with Gasteiger partial charge in [-0.1, -0.05) is 31.9 Å². The maximum atomic E-state index is 10.7. The molecule has 0 saturated heterocycles. The minimum Gasteiger partial charge on any atom is -0.298 e. The molecular weight excluding hydrogens is 252 g/mol. The van der Waals surface area contributed by atoms with Crippen molar-refractivity contribution in [2.45, 2.75) is 16.1 Å². The minimum atomic E-state index is -0.301. The maximum Gasteiger partial charge on any atom is 0.155 e. The lowest BCUT2D eigenvalue weighted by Crippen LogP contribution is -2.15. The van der Waals surface area contributed by atoms with Crippen LogP contribution in [0.15, 0.2) is 0 Å². The van der Waals surface area contributed by atoms with Crippen LogP contribution in [0.1, 0.15) is 6.42 Å². The summed E-state index contributed by atoms with van der Waals surface area (Å²) in [6, 6.07) is 0. The summed E-state index contributed by atoms with van der Waals surface area (Å²) in [4.78, 5) is 20.8. The highest BCUT2D eigenvalue weighted by Gasteiger charge is 2.37. The first-order valence-electron chi connectivity index (χ1n) is 2.46. The lowest BCUT2D eigenvalue weighted by atomic mass is 10.3. The number of ketones is 2. The minimum absolute atomic E-state index is 0.0260. The van der Waals surface area contributed by atoms with E-state index in [0.29, 0.717) is 0 Å². The molecule has 1 saturated carbocycles. The Balaban J connectivity index is 2.77. The van der Waals surface area contributed by atoms with Gasteiger partial charge in [-0.3, -0.25) is 9.59 Å². The Bertz CT molecular complexity index is 148. The van der Waals surface area contributed by atoms with Crippen LogP contribution in [0.25, 0.3) is 0 Å². The van der Waals surface area contributed by atoms with Gasteiger partial charge in [0.25, 0.3) is 0 Å². The fourth-order valence-electron chi connectivity index (χ4n) is 0.693. The number of Topliss-reactive ketones (excluding diaryl/α,β-unsaturated/α-hetero) is 2. The summed E-state index contributed by atoms with van der Waals surface area (Å²) in [5.74, 6) is -0.0521. The first-order chi connectivity index (χ1) is 4.13. The number of hydrogen-bond acceptors (Lipinski definition) is 2. The third-order valence-corrected chi connectivity index (χ3v) is 4.01. The predicted molar refractivity (Wildman–Crippen MR) is 40.1 cm³/mol. The van der Waals surface area contributed by atoms with Crippen LogP contribution in [0.2, 0.25) is 0 Å². The Morgan fingerprint density at radius 1 is 1.11 bits per heavy atom. The fourth-order valence-corrected chi connectivity index (χ4v) is 1.61. The van der Waals surface area contributed by atoms with E-state index in [1.54, 1.807) is 0 Å². The van der Waals surface area contributed by atoms with E-state index in [4.69, 9.17) is 0 Å². The third-order valence-electron chi connectivity index (χ3n) is 1.22. The van der Waals surface area contributed by atoms with Crippen molar-refractivity contribution in [3.63, 3.8) is 0 Å². The molecule has 0 heterocycles. The molecule has 0 amide bonds. The SMILES string of the molecule is O=C1CC(=O)C(Br)C1Br. The van der Waals surface area contributed by atoms with Crippen molar-refractivity contribution in [2.75, 3.05) is 0 Å². The summed E-state index contributed by atoms with van der Waals surface area (Å²) in [6.45, 7) is 0. The highest BCUT2D eigenvalue weighted by molar-refractivity contribution is 9.12. The van der Waals surface area contributed by atoms with Gasteiger partial charge < -0.3 is 0 Å². The molecule has 1 fully saturated rings.